The predicted octanol–water partition coefficient (Wildman–Crippen LogP) is 22.5. The van der Waals surface area contributed by atoms with Crippen LogP contribution in [-0.4, -0.2) is 59.6 Å². The van der Waals surface area contributed by atoms with Gasteiger partial charge in [-0.3, -0.25) is 0 Å². The first-order valence-electron chi connectivity index (χ1n) is 32.3. The normalized spacial score (nSPS) is 24.6. The molecule has 4 aromatic rings. The third-order valence-corrected chi connectivity index (χ3v) is 15.3. The van der Waals surface area contributed by atoms with Crippen molar-refractivity contribution in [2.75, 3.05) is 28.4 Å². The summed E-state index contributed by atoms with van der Waals surface area (Å²) in [7, 11) is 7.31. The number of rotatable bonds is 4. The molecule has 4 fully saturated rings. The zero-order valence-corrected chi connectivity index (χ0v) is 55.2. The van der Waals surface area contributed by atoms with Crippen LogP contribution in [0.1, 0.15) is 234 Å². The Kier molecular flexibility index (Phi) is 61.9. The molecule has 4 aromatic carbocycles. The maximum atomic E-state index is 8.00. The average Bonchev–Trinajstić information content (AvgIpc) is 3.62. The van der Waals surface area contributed by atoms with Crippen LogP contribution in [0.15, 0.2) is 133 Å². The lowest BCUT2D eigenvalue weighted by Crippen LogP contribution is -2.18. The molecular formula is C75H130O5. The molecule has 4 aliphatic carbocycles. The van der Waals surface area contributed by atoms with E-state index in [1.54, 1.807) is 0 Å². The maximum Gasteiger partial charge on any atom is 0.106 e. The van der Waals surface area contributed by atoms with Crippen LogP contribution in [0.5, 0.6) is 0 Å². The highest BCUT2D eigenvalue weighted by Crippen LogP contribution is 2.29. The van der Waals surface area contributed by atoms with Crippen molar-refractivity contribution < 1.29 is 23.7 Å². The molecule has 0 N–H and O–H groups in total. The Bertz CT molecular complexity index is 1510. The van der Waals surface area contributed by atoms with Gasteiger partial charge in [-0.25, -0.2) is 0 Å². The van der Waals surface area contributed by atoms with Crippen LogP contribution in [0.3, 0.4) is 0 Å². The van der Waals surface area contributed by atoms with Crippen LogP contribution in [0.2, 0.25) is 0 Å². The Morgan fingerprint density at radius 1 is 0.275 bits per heavy atom. The first-order chi connectivity index (χ1) is 38.9. The molecule has 460 valence electrons. The molecule has 0 amide bonds. The molecule has 5 nitrogen and oxygen atoms in total. The minimum absolute atomic E-state index is 0.473. The molecule has 4 saturated carbocycles. The second-order valence-electron chi connectivity index (χ2n) is 22.9. The number of aryl methyl sites for hydroxylation is 2. The summed E-state index contributed by atoms with van der Waals surface area (Å²) in [4.78, 5) is 8.00. The summed E-state index contributed by atoms with van der Waals surface area (Å²) in [5.41, 5.74) is 2.64. The maximum absolute atomic E-state index is 8.00. The lowest BCUT2D eigenvalue weighted by Gasteiger charge is -2.22. The summed E-state index contributed by atoms with van der Waals surface area (Å²) in [6.45, 7) is 28.5. The van der Waals surface area contributed by atoms with Gasteiger partial charge in [0.25, 0.3) is 0 Å². The van der Waals surface area contributed by atoms with Crippen molar-refractivity contribution in [3.8, 4) is 0 Å². The fourth-order valence-corrected chi connectivity index (χ4v) is 10.8. The molecule has 0 aromatic heterocycles. The van der Waals surface area contributed by atoms with E-state index >= 15 is 0 Å². The Labute approximate surface area is 498 Å². The molecule has 0 radical (unpaired) electrons. The highest BCUT2D eigenvalue weighted by molar-refractivity contribution is 5.12. The Morgan fingerprint density at radius 3 is 0.713 bits per heavy atom. The van der Waals surface area contributed by atoms with Crippen LogP contribution in [0.25, 0.3) is 0 Å². The monoisotopic (exact) mass is 1110 g/mol. The van der Waals surface area contributed by atoms with Crippen LogP contribution in [0.4, 0.5) is 0 Å². The zero-order chi connectivity index (χ0) is 60.3. The molecule has 4 atom stereocenters. The third kappa shape index (κ3) is 53.7. The number of methoxy groups -OCH3 is 4. The lowest BCUT2D eigenvalue weighted by atomic mass is 9.88. The van der Waals surface area contributed by atoms with E-state index in [1.165, 1.54) is 165 Å². The van der Waals surface area contributed by atoms with Crippen LogP contribution in [0, 0.1) is 49.4 Å². The van der Waals surface area contributed by atoms with E-state index in [0.717, 1.165) is 35.5 Å². The molecule has 8 rings (SSSR count). The molecule has 0 aliphatic heterocycles. The van der Waals surface area contributed by atoms with Gasteiger partial charge in [0.15, 0.2) is 0 Å². The number of carbonyl (C=O) groups is 1. The van der Waals surface area contributed by atoms with E-state index in [-0.39, 0.29) is 0 Å². The van der Waals surface area contributed by atoms with Crippen molar-refractivity contribution in [3.63, 3.8) is 0 Å². The number of carbonyl (C=O) groups excluding carboxylic acids is 1. The van der Waals surface area contributed by atoms with Gasteiger partial charge in [0.1, 0.15) is 6.79 Å². The van der Waals surface area contributed by atoms with E-state index in [1.807, 2.05) is 172 Å². The van der Waals surface area contributed by atoms with Gasteiger partial charge in [0.05, 0.1) is 24.4 Å². The van der Waals surface area contributed by atoms with Crippen molar-refractivity contribution in [1.29, 1.82) is 0 Å². The predicted molar refractivity (Wildman–Crippen MR) is 354 cm³/mol. The van der Waals surface area contributed by atoms with Gasteiger partial charge in [-0.05, 0) is 126 Å². The van der Waals surface area contributed by atoms with E-state index in [4.69, 9.17) is 23.7 Å². The topological polar surface area (TPSA) is 54.0 Å². The summed E-state index contributed by atoms with van der Waals surface area (Å²) >= 11 is 0. The van der Waals surface area contributed by atoms with Gasteiger partial charge < -0.3 is 23.7 Å². The fourth-order valence-electron chi connectivity index (χ4n) is 10.8. The zero-order valence-electron chi connectivity index (χ0n) is 55.2. The summed E-state index contributed by atoms with van der Waals surface area (Å²) in [5, 5.41) is 0. The average molecular weight is 1110 g/mol. The minimum atomic E-state index is 0.473. The van der Waals surface area contributed by atoms with Gasteiger partial charge in [-0.2, -0.15) is 0 Å². The third-order valence-electron chi connectivity index (χ3n) is 15.3. The van der Waals surface area contributed by atoms with Crippen LogP contribution < -0.4 is 0 Å². The molecule has 0 heterocycles. The number of hydrogen-bond acceptors (Lipinski definition) is 5. The highest BCUT2D eigenvalue weighted by Gasteiger charge is 2.20. The molecular weight excluding hydrogens is 981 g/mol. The van der Waals surface area contributed by atoms with Crippen molar-refractivity contribution in [2.45, 2.75) is 262 Å². The second-order valence-corrected chi connectivity index (χ2v) is 22.9. The Morgan fingerprint density at radius 2 is 0.475 bits per heavy atom. The van der Waals surface area contributed by atoms with Gasteiger partial charge in [0.2, 0.25) is 0 Å². The number of ether oxygens (including phenoxy) is 4. The SMILES string of the molecule is C=O.CC.CC.CC1CCCC(C)CCC1.CC1CCCCC(C)CC(C)C1.COC1CCCC(OC)CCC1.COC1CCCCC(OC)CC(C)C1.Cc1ccccc1.Cc1ccccc1.c1ccccc1.c1ccccc1. The van der Waals surface area contributed by atoms with Gasteiger partial charge in [-0.15, -0.1) is 0 Å². The first kappa shape index (κ1) is 80.6. The molecule has 0 bridgehead atoms. The Hall–Kier alpha value is -3.61. The van der Waals surface area contributed by atoms with Crippen LogP contribution >= 0.6 is 0 Å². The highest BCUT2D eigenvalue weighted by atomic mass is 16.5. The van der Waals surface area contributed by atoms with E-state index in [9.17, 15) is 0 Å². The quantitative estimate of drug-likeness (QED) is 0.204. The molecule has 0 saturated heterocycles. The van der Waals surface area contributed by atoms with Crippen molar-refractivity contribution in [1.82, 2.24) is 0 Å². The largest absolute Gasteiger partial charge is 0.381 e. The number of benzene rings is 4. The van der Waals surface area contributed by atoms with Gasteiger partial charge in [-0.1, -0.05) is 291 Å². The van der Waals surface area contributed by atoms with E-state index in [0.29, 0.717) is 24.4 Å². The standard InChI is InChI=1S/C12H24O2.C12H24.C10H20O2.C10H20.2C7H8.2C6H6.2C2H6.CH2O/c1-10-8-11(13-2)6-4-5-7-12(9-10)14-3;1-10-6-4-5-7-11(2)9-12(3)8-10;1-11-9-5-3-7-10(12-2)8-4-6-9;1-9-5-3-7-10(2)8-4-6-9;2*1-7-5-3-2-4-6-7;2*1-2-4-6-5-3-1;3*1-2/h10-12H,4-9H2,1-3H3;10-12H,4-9H2,1-3H3;9-10H,3-8H2,1-2H3;9-10H,3-8H2,1-2H3;2*2-6H,1H3;2*1-6H;2*1-2H3;1H2. The van der Waals surface area contributed by atoms with E-state index in [2.05, 4.69) is 79.7 Å². The van der Waals surface area contributed by atoms with Crippen molar-refractivity contribution in [3.05, 3.63) is 145 Å². The molecule has 5 heteroatoms. The summed E-state index contributed by atoms with van der Waals surface area (Å²) < 4.78 is 21.7. The molecule has 4 unspecified atom stereocenters. The fraction of sp³-hybridized carbons (Fsp3) is 0.667. The Balaban J connectivity index is -0.000000847. The van der Waals surface area contributed by atoms with Crippen molar-refractivity contribution >= 4 is 6.79 Å². The lowest BCUT2D eigenvalue weighted by molar-refractivity contribution is -0.0980. The van der Waals surface area contributed by atoms with Crippen molar-refractivity contribution in [2.24, 2.45) is 35.5 Å². The molecule has 4 aliphatic rings. The first-order valence-corrected chi connectivity index (χ1v) is 32.3. The minimum Gasteiger partial charge on any atom is -0.381 e. The second kappa shape index (κ2) is 61.5. The summed E-state index contributed by atoms with van der Waals surface area (Å²) in [6, 6.07) is 44.5. The molecule has 0 spiro atoms. The van der Waals surface area contributed by atoms with Gasteiger partial charge in [0, 0.05) is 28.4 Å². The molecule has 80 heavy (non-hydrogen) atoms. The van der Waals surface area contributed by atoms with Crippen LogP contribution in [-0.2, 0) is 23.7 Å². The number of hydrogen-bond donors (Lipinski definition) is 0. The summed E-state index contributed by atoms with van der Waals surface area (Å²) in [6.07, 6.45) is 34.3. The summed E-state index contributed by atoms with van der Waals surface area (Å²) in [5.74, 6) is 5.66. The smallest absolute Gasteiger partial charge is 0.106 e. The van der Waals surface area contributed by atoms with E-state index < -0.39 is 0 Å². The van der Waals surface area contributed by atoms with Gasteiger partial charge >= 0.3 is 0 Å².